The van der Waals surface area contributed by atoms with E-state index >= 15 is 0 Å². The molecule has 0 amide bonds. The molecule has 9 heteroatoms. The van der Waals surface area contributed by atoms with Crippen LogP contribution < -0.4 is 0 Å². The number of alkyl halides is 3. The van der Waals surface area contributed by atoms with E-state index < -0.39 is 27.8 Å². The number of rotatable bonds is 2. The third-order valence-electron chi connectivity index (χ3n) is 4.54. The van der Waals surface area contributed by atoms with Gasteiger partial charge in [-0.25, -0.2) is 0 Å². The Hall–Kier alpha value is -1.61. The lowest BCUT2D eigenvalue weighted by Gasteiger charge is -2.38. The smallest absolute Gasteiger partial charge is 0.361 e. The topological polar surface area (TPSA) is 70.0 Å². The van der Waals surface area contributed by atoms with Gasteiger partial charge in [-0.3, -0.25) is 0 Å². The molecule has 2 aliphatic rings. The third kappa shape index (κ3) is 2.41. The van der Waals surface area contributed by atoms with E-state index in [-0.39, 0.29) is 27.9 Å². The van der Waals surface area contributed by atoms with Crippen molar-refractivity contribution in [2.45, 2.75) is 49.4 Å². The van der Waals surface area contributed by atoms with E-state index in [1.54, 1.807) is 6.92 Å². The molecule has 1 aliphatic carbocycles. The van der Waals surface area contributed by atoms with Gasteiger partial charge in [0.15, 0.2) is 0 Å². The van der Waals surface area contributed by atoms with Gasteiger partial charge in [-0.2, -0.15) is 26.7 Å². The average molecular weight is 362 g/mol. The quantitative estimate of drug-likeness (QED) is 0.880. The summed E-state index contributed by atoms with van der Waals surface area (Å²) in [5.74, 6) is -1.36. The number of halogens is 3. The largest absolute Gasteiger partial charge is 0.439 e. The van der Waals surface area contributed by atoms with Crippen LogP contribution in [0.2, 0.25) is 0 Å². The zero-order valence-electron chi connectivity index (χ0n) is 12.9. The van der Waals surface area contributed by atoms with Crippen molar-refractivity contribution in [2.75, 3.05) is 0 Å². The van der Waals surface area contributed by atoms with Gasteiger partial charge in [0.2, 0.25) is 0 Å². The van der Waals surface area contributed by atoms with E-state index in [4.69, 9.17) is 0 Å². The summed E-state index contributed by atoms with van der Waals surface area (Å²) in [5, 5.41) is 14.1. The number of hydrogen-bond donors (Lipinski definition) is 1. The van der Waals surface area contributed by atoms with E-state index in [0.717, 1.165) is 5.56 Å². The number of nitrogens with zero attached hydrogens (tertiary/aromatic N) is 2. The summed E-state index contributed by atoms with van der Waals surface area (Å²) in [6.07, 6.45) is -3.74. The van der Waals surface area contributed by atoms with Crippen LogP contribution in [0.25, 0.3) is 0 Å². The van der Waals surface area contributed by atoms with Gasteiger partial charge in [0, 0.05) is 5.71 Å². The standard InChI is InChI=1S/C15H17F3N2O3S/c1-10-6-8-11(9-7-10)24(22,23)20-14(21,15(16,17)18)12-4-2-3-5-13(12)19-20/h6-9,12,21H,2-5H2,1H3/t12-,14+/m0/s1. The molecule has 1 heterocycles. The fourth-order valence-electron chi connectivity index (χ4n) is 3.23. The molecule has 1 aromatic carbocycles. The van der Waals surface area contributed by atoms with Gasteiger partial charge < -0.3 is 5.11 Å². The van der Waals surface area contributed by atoms with Gasteiger partial charge >= 0.3 is 6.18 Å². The van der Waals surface area contributed by atoms with Crippen LogP contribution in [0.4, 0.5) is 13.2 Å². The minimum Gasteiger partial charge on any atom is -0.361 e. The Bertz CT molecular complexity index is 774. The first-order chi connectivity index (χ1) is 11.1. The number of aliphatic hydroxyl groups is 1. The molecule has 24 heavy (non-hydrogen) atoms. The fraction of sp³-hybridized carbons (Fsp3) is 0.533. The number of hydrogen-bond acceptors (Lipinski definition) is 4. The highest BCUT2D eigenvalue weighted by Gasteiger charge is 2.69. The number of hydrazone groups is 1. The summed E-state index contributed by atoms with van der Waals surface area (Å²) in [6, 6.07) is 5.39. The summed E-state index contributed by atoms with van der Waals surface area (Å²) >= 11 is 0. The van der Waals surface area contributed by atoms with Crippen LogP contribution in [0.1, 0.15) is 31.2 Å². The van der Waals surface area contributed by atoms with Crippen molar-refractivity contribution in [3.63, 3.8) is 0 Å². The molecular formula is C15H17F3N2O3S. The third-order valence-corrected chi connectivity index (χ3v) is 6.22. The van der Waals surface area contributed by atoms with Crippen molar-refractivity contribution in [1.82, 2.24) is 4.41 Å². The second-order valence-corrected chi connectivity index (χ2v) is 7.94. The van der Waals surface area contributed by atoms with Crippen molar-refractivity contribution in [1.29, 1.82) is 0 Å². The first-order valence-corrected chi connectivity index (χ1v) is 9.01. The van der Waals surface area contributed by atoms with Crippen LogP contribution in [-0.2, 0) is 10.0 Å². The first kappa shape index (κ1) is 17.2. The van der Waals surface area contributed by atoms with E-state index in [1.165, 1.54) is 24.3 Å². The maximum absolute atomic E-state index is 13.6. The molecule has 0 unspecified atom stereocenters. The normalized spacial score (nSPS) is 27.8. The van der Waals surface area contributed by atoms with E-state index in [0.29, 0.717) is 12.8 Å². The van der Waals surface area contributed by atoms with Crippen LogP contribution in [0.15, 0.2) is 34.3 Å². The van der Waals surface area contributed by atoms with Gasteiger partial charge in [-0.15, -0.1) is 4.41 Å². The monoisotopic (exact) mass is 362 g/mol. The Kier molecular flexibility index (Phi) is 3.91. The molecule has 3 rings (SSSR count). The highest BCUT2D eigenvalue weighted by molar-refractivity contribution is 7.89. The SMILES string of the molecule is Cc1ccc(S(=O)(=O)N2N=C3CCCC[C@@H]3[C@@]2(O)C(F)(F)F)cc1. The number of aryl methyl sites for hydroxylation is 1. The summed E-state index contributed by atoms with van der Waals surface area (Å²) in [6.45, 7) is 1.73. The van der Waals surface area contributed by atoms with Gasteiger partial charge in [-0.05, 0) is 38.3 Å². The fourth-order valence-corrected chi connectivity index (χ4v) is 4.72. The number of sulfonamides is 1. The van der Waals surface area contributed by atoms with Crippen molar-refractivity contribution >= 4 is 15.7 Å². The second-order valence-electron chi connectivity index (χ2n) is 6.17. The van der Waals surface area contributed by atoms with Gasteiger partial charge in [0.1, 0.15) is 0 Å². The van der Waals surface area contributed by atoms with Crippen LogP contribution >= 0.6 is 0 Å². The Labute approximate surface area is 137 Å². The molecule has 5 nitrogen and oxygen atoms in total. The van der Waals surface area contributed by atoms with Crippen LogP contribution in [0, 0.1) is 12.8 Å². The predicted octanol–water partition coefficient (Wildman–Crippen LogP) is 2.80. The van der Waals surface area contributed by atoms with Crippen molar-refractivity contribution in [3.8, 4) is 0 Å². The summed E-state index contributed by atoms with van der Waals surface area (Å²) in [5.41, 5.74) is -2.68. The maximum atomic E-state index is 13.6. The van der Waals surface area contributed by atoms with Crippen molar-refractivity contribution in [3.05, 3.63) is 29.8 Å². The number of fused-ring (bicyclic) bond motifs is 1. The van der Waals surface area contributed by atoms with Gasteiger partial charge in [0.05, 0.1) is 10.8 Å². The molecular weight excluding hydrogens is 345 g/mol. The lowest BCUT2D eigenvalue weighted by atomic mass is 9.81. The minimum atomic E-state index is -5.15. The first-order valence-electron chi connectivity index (χ1n) is 7.57. The lowest BCUT2D eigenvalue weighted by molar-refractivity contribution is -0.306. The minimum absolute atomic E-state index is 0.0504. The van der Waals surface area contributed by atoms with E-state index in [1.807, 2.05) is 0 Å². The molecule has 0 saturated heterocycles. The molecule has 0 spiro atoms. The van der Waals surface area contributed by atoms with E-state index in [2.05, 4.69) is 5.10 Å². The lowest BCUT2D eigenvalue weighted by Crippen LogP contribution is -2.61. The zero-order chi connectivity index (χ0) is 17.8. The van der Waals surface area contributed by atoms with Crippen molar-refractivity contribution < 1.29 is 26.7 Å². The molecule has 1 N–H and O–H groups in total. The maximum Gasteiger partial charge on any atom is 0.439 e. The highest BCUT2D eigenvalue weighted by Crippen LogP contribution is 2.49. The molecule has 132 valence electrons. The molecule has 1 aromatic rings. The average Bonchev–Trinajstić information content (AvgIpc) is 2.83. The summed E-state index contributed by atoms with van der Waals surface area (Å²) in [4.78, 5) is -0.334. The summed E-state index contributed by atoms with van der Waals surface area (Å²) in [7, 11) is -4.63. The summed E-state index contributed by atoms with van der Waals surface area (Å²) < 4.78 is 66.2. The molecule has 1 saturated carbocycles. The van der Waals surface area contributed by atoms with Crippen LogP contribution in [-0.4, -0.2) is 35.6 Å². The highest BCUT2D eigenvalue weighted by atomic mass is 32.2. The zero-order valence-corrected chi connectivity index (χ0v) is 13.7. The number of benzene rings is 1. The van der Waals surface area contributed by atoms with Gasteiger partial charge in [0.25, 0.3) is 15.7 Å². The molecule has 2 atom stereocenters. The van der Waals surface area contributed by atoms with Crippen LogP contribution in [0.5, 0.6) is 0 Å². The molecule has 0 radical (unpaired) electrons. The molecule has 1 aliphatic heterocycles. The Morgan fingerprint density at radius 1 is 1.25 bits per heavy atom. The Morgan fingerprint density at radius 2 is 1.88 bits per heavy atom. The molecule has 0 aromatic heterocycles. The molecule has 1 fully saturated rings. The Morgan fingerprint density at radius 3 is 2.46 bits per heavy atom. The Balaban J connectivity index is 2.13. The predicted molar refractivity (Wildman–Crippen MR) is 80.6 cm³/mol. The van der Waals surface area contributed by atoms with Crippen LogP contribution in [0.3, 0.4) is 0 Å². The molecule has 0 bridgehead atoms. The van der Waals surface area contributed by atoms with Gasteiger partial charge in [-0.1, -0.05) is 24.1 Å². The second kappa shape index (κ2) is 5.45. The van der Waals surface area contributed by atoms with Crippen molar-refractivity contribution in [2.24, 2.45) is 11.0 Å². The van der Waals surface area contributed by atoms with E-state index in [9.17, 15) is 26.7 Å².